The standard InChI is InChI=1S/C7H6O2.C5H14NO.C2H6O2.ClH/c8-7(9)6-4-2-1-3-5-6;1-6(2,3)4-5-7;3-1-2-4;/h1-5H,(H,8,9);7H,4-5H2,1-3H3;3-4H,1-2H2;1H/q;+1;;/p-1. The quantitative estimate of drug-likeness (QED) is 0.444. The monoisotopic (exact) mass is 323 g/mol. The first-order chi connectivity index (χ1) is 9.28. The summed E-state index contributed by atoms with van der Waals surface area (Å²) in [6, 6.07) is 8.30. The second kappa shape index (κ2) is 15.2. The SMILES string of the molecule is C[N+](C)(C)CCO.O=C(O)c1ccccc1.OCCO.[Cl-]. The fraction of sp³-hybridized carbons (Fsp3) is 0.500. The number of benzene rings is 1. The molecule has 0 aliphatic carbocycles. The lowest BCUT2D eigenvalue weighted by Gasteiger charge is -2.21. The molecule has 4 N–H and O–H groups in total. The molecule has 0 heterocycles. The minimum Gasteiger partial charge on any atom is -1.00 e. The Hall–Kier alpha value is -1.18. The van der Waals surface area contributed by atoms with E-state index in [0.717, 1.165) is 11.0 Å². The van der Waals surface area contributed by atoms with E-state index in [1.54, 1.807) is 30.3 Å². The van der Waals surface area contributed by atoms with Crippen molar-refractivity contribution in [2.75, 3.05) is 47.5 Å². The molecule has 7 heteroatoms. The Balaban J connectivity index is -0.000000244. The predicted molar refractivity (Wildman–Crippen MR) is 77.6 cm³/mol. The van der Waals surface area contributed by atoms with Crippen LogP contribution in [0, 0.1) is 0 Å². The molecule has 0 radical (unpaired) electrons. The molecule has 0 fully saturated rings. The van der Waals surface area contributed by atoms with Crippen molar-refractivity contribution in [1.82, 2.24) is 0 Å². The van der Waals surface area contributed by atoms with Gasteiger partial charge in [0.1, 0.15) is 6.54 Å². The zero-order valence-corrected chi connectivity index (χ0v) is 13.5. The van der Waals surface area contributed by atoms with E-state index in [1.165, 1.54) is 0 Å². The highest BCUT2D eigenvalue weighted by molar-refractivity contribution is 5.87. The number of carbonyl (C=O) groups is 1. The molecule has 1 aromatic rings. The molecule has 1 rings (SSSR count). The first-order valence-electron chi connectivity index (χ1n) is 6.19. The lowest BCUT2D eigenvalue weighted by Crippen LogP contribution is -3.00. The molecule has 6 nitrogen and oxygen atoms in total. The third kappa shape index (κ3) is 21.3. The minimum atomic E-state index is -0.879. The van der Waals surface area contributed by atoms with E-state index in [1.807, 2.05) is 0 Å². The zero-order valence-electron chi connectivity index (χ0n) is 12.7. The van der Waals surface area contributed by atoms with Crippen molar-refractivity contribution in [2.45, 2.75) is 0 Å². The van der Waals surface area contributed by atoms with Gasteiger partial charge in [0.15, 0.2) is 0 Å². The van der Waals surface area contributed by atoms with E-state index in [2.05, 4.69) is 21.1 Å². The van der Waals surface area contributed by atoms with E-state index in [-0.39, 0.29) is 32.2 Å². The molecule has 0 amide bonds. The Morgan fingerprint density at radius 1 is 0.952 bits per heavy atom. The number of hydrogen-bond donors (Lipinski definition) is 4. The van der Waals surface area contributed by atoms with Crippen LogP contribution in [0.15, 0.2) is 30.3 Å². The van der Waals surface area contributed by atoms with E-state index in [4.69, 9.17) is 20.4 Å². The number of rotatable bonds is 4. The van der Waals surface area contributed by atoms with Gasteiger partial charge in [-0.15, -0.1) is 0 Å². The van der Waals surface area contributed by atoms with Crippen molar-refractivity contribution < 1.29 is 42.1 Å². The Kier molecular flexibility index (Phi) is 18.0. The molecule has 0 aliphatic heterocycles. The van der Waals surface area contributed by atoms with Gasteiger partial charge in [0.05, 0.1) is 46.5 Å². The van der Waals surface area contributed by atoms with Gasteiger partial charge in [-0.25, -0.2) is 4.79 Å². The van der Waals surface area contributed by atoms with Gasteiger partial charge in [0.25, 0.3) is 0 Å². The topological polar surface area (TPSA) is 98.0 Å². The summed E-state index contributed by atoms with van der Waals surface area (Å²) in [4.78, 5) is 10.2. The average Bonchev–Trinajstić information content (AvgIpc) is 2.39. The van der Waals surface area contributed by atoms with Crippen LogP contribution in [0.1, 0.15) is 10.4 Å². The van der Waals surface area contributed by atoms with Crippen LogP contribution < -0.4 is 12.4 Å². The number of hydrogen-bond acceptors (Lipinski definition) is 4. The van der Waals surface area contributed by atoms with Gasteiger partial charge in [-0.1, -0.05) is 18.2 Å². The lowest BCUT2D eigenvalue weighted by molar-refractivity contribution is -0.870. The Morgan fingerprint density at radius 2 is 1.38 bits per heavy atom. The molecule has 0 atom stereocenters. The number of carboxylic acids is 1. The lowest BCUT2D eigenvalue weighted by atomic mass is 10.2. The smallest absolute Gasteiger partial charge is 0.335 e. The number of aliphatic hydroxyl groups excluding tert-OH is 3. The zero-order chi connectivity index (χ0) is 16.0. The van der Waals surface area contributed by atoms with Crippen molar-refractivity contribution in [3.63, 3.8) is 0 Å². The van der Waals surface area contributed by atoms with Gasteiger partial charge in [0, 0.05) is 0 Å². The number of carboxylic acid groups (broad SMARTS) is 1. The summed E-state index contributed by atoms with van der Waals surface area (Å²) < 4.78 is 0.844. The molecule has 0 unspecified atom stereocenters. The Labute approximate surface area is 132 Å². The fourth-order valence-electron chi connectivity index (χ4n) is 0.881. The molecule has 21 heavy (non-hydrogen) atoms. The molecule has 0 aliphatic rings. The van der Waals surface area contributed by atoms with Crippen molar-refractivity contribution in [1.29, 1.82) is 0 Å². The van der Waals surface area contributed by atoms with Crippen molar-refractivity contribution in [3.8, 4) is 0 Å². The van der Waals surface area contributed by atoms with Crippen molar-refractivity contribution >= 4 is 5.97 Å². The van der Waals surface area contributed by atoms with E-state index >= 15 is 0 Å². The summed E-state index contributed by atoms with van der Waals surface area (Å²) in [6.45, 7) is 0.865. The number of quaternary nitrogens is 1. The molecule has 0 saturated carbocycles. The van der Waals surface area contributed by atoms with Crippen LogP contribution >= 0.6 is 0 Å². The number of aromatic carboxylic acids is 1. The maximum Gasteiger partial charge on any atom is 0.335 e. The van der Waals surface area contributed by atoms with Gasteiger partial charge < -0.3 is 37.3 Å². The third-order valence-corrected chi connectivity index (χ3v) is 1.89. The van der Waals surface area contributed by atoms with E-state index in [9.17, 15) is 4.79 Å². The summed E-state index contributed by atoms with van der Waals surface area (Å²) >= 11 is 0. The predicted octanol–water partition coefficient (Wildman–Crippen LogP) is -2.96. The van der Waals surface area contributed by atoms with Crippen LogP contribution in [-0.2, 0) is 0 Å². The minimum absolute atomic E-state index is 0. The Morgan fingerprint density at radius 3 is 1.52 bits per heavy atom. The number of likely N-dealkylation sites (N-methyl/N-ethyl adjacent to an activating group) is 1. The van der Waals surface area contributed by atoms with Crippen LogP contribution in [0.25, 0.3) is 0 Å². The maximum atomic E-state index is 10.2. The largest absolute Gasteiger partial charge is 1.00 e. The second-order valence-electron chi connectivity index (χ2n) is 4.86. The van der Waals surface area contributed by atoms with Gasteiger partial charge in [-0.05, 0) is 12.1 Å². The summed E-state index contributed by atoms with van der Waals surface area (Å²) in [6.07, 6.45) is 0. The second-order valence-corrected chi connectivity index (χ2v) is 4.86. The van der Waals surface area contributed by atoms with Gasteiger partial charge >= 0.3 is 5.97 Å². The summed E-state index contributed by atoms with van der Waals surface area (Å²) in [5.41, 5.74) is 0.331. The highest BCUT2D eigenvalue weighted by Crippen LogP contribution is 1.96. The average molecular weight is 324 g/mol. The molecule has 0 bridgehead atoms. The van der Waals surface area contributed by atoms with E-state index < -0.39 is 5.97 Å². The fourth-order valence-corrected chi connectivity index (χ4v) is 0.881. The highest BCUT2D eigenvalue weighted by Gasteiger charge is 2.02. The molecular weight excluding hydrogens is 298 g/mol. The number of nitrogens with zero attached hydrogens (tertiary/aromatic N) is 1. The third-order valence-electron chi connectivity index (χ3n) is 1.89. The van der Waals surface area contributed by atoms with Crippen molar-refractivity contribution in [3.05, 3.63) is 35.9 Å². The van der Waals surface area contributed by atoms with Crippen LogP contribution in [0.3, 0.4) is 0 Å². The molecule has 0 saturated heterocycles. The number of halogens is 1. The van der Waals surface area contributed by atoms with E-state index in [0.29, 0.717) is 5.56 Å². The molecule has 0 spiro atoms. The van der Waals surface area contributed by atoms with Gasteiger partial charge in [-0.3, -0.25) is 0 Å². The van der Waals surface area contributed by atoms with Crippen LogP contribution in [-0.4, -0.2) is 78.4 Å². The highest BCUT2D eigenvalue weighted by atomic mass is 35.5. The van der Waals surface area contributed by atoms with Gasteiger partial charge in [-0.2, -0.15) is 0 Å². The maximum absolute atomic E-state index is 10.2. The molecule has 124 valence electrons. The summed E-state index contributed by atoms with van der Waals surface area (Å²) in [5, 5.41) is 32.0. The van der Waals surface area contributed by atoms with Crippen LogP contribution in [0.4, 0.5) is 0 Å². The molecule has 0 aromatic heterocycles. The molecular formula is C14H26ClNO5. The summed E-state index contributed by atoms with van der Waals surface area (Å²) in [5.74, 6) is -0.879. The van der Waals surface area contributed by atoms with Crippen LogP contribution in [0.5, 0.6) is 0 Å². The van der Waals surface area contributed by atoms with Crippen LogP contribution in [0.2, 0.25) is 0 Å². The first kappa shape index (κ1) is 24.8. The normalized spacial score (nSPS) is 9.24. The number of aliphatic hydroxyl groups is 3. The van der Waals surface area contributed by atoms with Gasteiger partial charge in [0.2, 0.25) is 0 Å². The molecule has 1 aromatic carbocycles. The Bertz CT molecular complexity index is 339. The first-order valence-corrected chi connectivity index (χ1v) is 6.19. The van der Waals surface area contributed by atoms with Crippen molar-refractivity contribution in [2.24, 2.45) is 0 Å². The summed E-state index contributed by atoms with van der Waals surface area (Å²) in [7, 11) is 6.16.